The van der Waals surface area contributed by atoms with E-state index < -0.39 is 0 Å². The lowest BCUT2D eigenvalue weighted by molar-refractivity contribution is -0.135. The zero-order valence-corrected chi connectivity index (χ0v) is 14.2. The average Bonchev–Trinajstić information content (AvgIpc) is 3.14. The number of carbonyl (C=O) groups excluding carboxylic acids is 1. The van der Waals surface area contributed by atoms with Crippen LogP contribution in [0.3, 0.4) is 0 Å². The van der Waals surface area contributed by atoms with Gasteiger partial charge >= 0.3 is 0 Å². The fraction of sp³-hybridized carbons (Fsp3) is 0.412. The van der Waals surface area contributed by atoms with Crippen LogP contribution < -0.4 is 10.1 Å². The Hall–Kier alpha value is -2.05. The van der Waals surface area contributed by atoms with Crippen molar-refractivity contribution in [2.45, 2.75) is 25.5 Å². The minimum Gasteiger partial charge on any atom is -0.496 e. The van der Waals surface area contributed by atoms with Gasteiger partial charge in [0.1, 0.15) is 11.9 Å². The summed E-state index contributed by atoms with van der Waals surface area (Å²) in [4.78, 5) is 12.7. The molecule has 2 aromatic rings. The molecule has 3 rings (SSSR count). The minimum absolute atomic E-state index is 0.0590. The summed E-state index contributed by atoms with van der Waals surface area (Å²) in [5.74, 6) is 0.344. The fourth-order valence-electron chi connectivity index (χ4n) is 2.99. The summed E-state index contributed by atoms with van der Waals surface area (Å²) in [7, 11) is 1.58. The van der Waals surface area contributed by atoms with Gasteiger partial charge in [0, 0.05) is 29.9 Å². The zero-order chi connectivity index (χ0) is 16.9. The summed E-state index contributed by atoms with van der Waals surface area (Å²) in [6.07, 6.45) is 3.00. The van der Waals surface area contributed by atoms with Crippen molar-refractivity contribution in [3.8, 4) is 5.75 Å². The van der Waals surface area contributed by atoms with Gasteiger partial charge in [-0.1, -0.05) is 17.7 Å². The average molecular weight is 350 g/mol. The van der Waals surface area contributed by atoms with Crippen LogP contribution in [-0.4, -0.2) is 29.8 Å². The maximum Gasteiger partial charge on any atom is 0.226 e. The molecule has 1 aliphatic rings. The van der Waals surface area contributed by atoms with E-state index in [9.17, 15) is 4.79 Å². The molecule has 2 heterocycles. The predicted molar refractivity (Wildman–Crippen MR) is 89.9 cm³/mol. The standard InChI is InChI=1S/C17H20ClN3O3/c1-23-15-6-2-5-13(18)12(15)10-19-17(22)11-4-3-9-24-16(11)14-7-8-20-21-14/h2,5-8,11,16H,3-4,9-10H2,1H3,(H,19,22)(H,20,21)/t11-,16-/m1/s1. The van der Waals surface area contributed by atoms with Gasteiger partial charge in [0.15, 0.2) is 0 Å². The normalized spacial score (nSPS) is 20.6. The number of amides is 1. The van der Waals surface area contributed by atoms with E-state index in [0.717, 1.165) is 24.1 Å². The Labute approximate surface area is 145 Å². The maximum absolute atomic E-state index is 12.7. The molecular weight excluding hydrogens is 330 g/mol. The van der Waals surface area contributed by atoms with Gasteiger partial charge in [-0.2, -0.15) is 5.10 Å². The third-order valence-corrected chi connectivity index (χ3v) is 4.58. The van der Waals surface area contributed by atoms with Crippen molar-refractivity contribution in [3.63, 3.8) is 0 Å². The van der Waals surface area contributed by atoms with Crippen molar-refractivity contribution >= 4 is 17.5 Å². The van der Waals surface area contributed by atoms with Gasteiger partial charge in [-0.15, -0.1) is 0 Å². The Bertz CT molecular complexity index is 690. The molecule has 1 aromatic carbocycles. The fourth-order valence-corrected chi connectivity index (χ4v) is 3.22. The van der Waals surface area contributed by atoms with Crippen LogP contribution in [0.5, 0.6) is 5.75 Å². The Morgan fingerprint density at radius 2 is 2.38 bits per heavy atom. The number of carbonyl (C=O) groups is 1. The van der Waals surface area contributed by atoms with Gasteiger partial charge < -0.3 is 14.8 Å². The first-order valence-corrected chi connectivity index (χ1v) is 8.28. The van der Waals surface area contributed by atoms with Crippen LogP contribution in [0.1, 0.15) is 30.2 Å². The molecule has 6 nitrogen and oxygen atoms in total. The van der Waals surface area contributed by atoms with Crippen molar-refractivity contribution in [3.05, 3.63) is 46.7 Å². The molecule has 0 saturated carbocycles. The van der Waals surface area contributed by atoms with Gasteiger partial charge in [-0.05, 0) is 31.0 Å². The molecule has 1 fully saturated rings. The highest BCUT2D eigenvalue weighted by atomic mass is 35.5. The van der Waals surface area contributed by atoms with Crippen LogP contribution in [0.15, 0.2) is 30.5 Å². The summed E-state index contributed by atoms with van der Waals surface area (Å²) < 4.78 is 11.1. The topological polar surface area (TPSA) is 76.2 Å². The zero-order valence-electron chi connectivity index (χ0n) is 13.4. The van der Waals surface area contributed by atoms with Crippen LogP contribution >= 0.6 is 11.6 Å². The van der Waals surface area contributed by atoms with Crippen molar-refractivity contribution in [2.75, 3.05) is 13.7 Å². The molecule has 2 N–H and O–H groups in total. The second-order valence-electron chi connectivity index (χ2n) is 5.69. The first-order chi connectivity index (χ1) is 11.7. The number of aromatic amines is 1. The lowest BCUT2D eigenvalue weighted by Crippen LogP contribution is -2.37. The smallest absolute Gasteiger partial charge is 0.226 e. The number of benzene rings is 1. The monoisotopic (exact) mass is 349 g/mol. The van der Waals surface area contributed by atoms with Gasteiger partial charge in [0.05, 0.1) is 18.7 Å². The van der Waals surface area contributed by atoms with E-state index >= 15 is 0 Å². The molecule has 0 aliphatic carbocycles. The number of ether oxygens (including phenoxy) is 2. The Kier molecular flexibility index (Phi) is 5.37. The SMILES string of the molecule is COc1cccc(Cl)c1CNC(=O)[C@@H]1CCCO[C@H]1c1ccn[nH]1. The molecule has 128 valence electrons. The molecule has 1 aliphatic heterocycles. The number of nitrogens with zero attached hydrogens (tertiary/aromatic N) is 1. The molecule has 7 heteroatoms. The minimum atomic E-state index is -0.297. The van der Waals surface area contributed by atoms with Crippen LogP contribution in [-0.2, 0) is 16.1 Å². The Morgan fingerprint density at radius 1 is 1.50 bits per heavy atom. The highest BCUT2D eigenvalue weighted by Gasteiger charge is 2.34. The molecule has 0 bridgehead atoms. The van der Waals surface area contributed by atoms with E-state index in [0.29, 0.717) is 23.9 Å². The number of hydrogen-bond acceptors (Lipinski definition) is 4. The summed E-state index contributed by atoms with van der Waals surface area (Å²) >= 11 is 6.22. The molecule has 1 aromatic heterocycles. The van der Waals surface area contributed by atoms with Gasteiger partial charge in [-0.3, -0.25) is 9.89 Å². The molecular formula is C17H20ClN3O3. The first-order valence-electron chi connectivity index (χ1n) is 7.90. The number of halogens is 1. The largest absolute Gasteiger partial charge is 0.496 e. The highest BCUT2D eigenvalue weighted by Crippen LogP contribution is 2.33. The number of hydrogen-bond donors (Lipinski definition) is 2. The number of aromatic nitrogens is 2. The highest BCUT2D eigenvalue weighted by molar-refractivity contribution is 6.31. The molecule has 0 radical (unpaired) electrons. The number of H-pyrrole nitrogens is 1. The maximum atomic E-state index is 12.7. The van der Waals surface area contributed by atoms with Crippen molar-refractivity contribution < 1.29 is 14.3 Å². The quantitative estimate of drug-likeness (QED) is 0.870. The predicted octanol–water partition coefficient (Wildman–Crippen LogP) is 2.86. The second kappa shape index (κ2) is 7.68. The van der Waals surface area contributed by atoms with E-state index in [1.807, 2.05) is 18.2 Å². The third-order valence-electron chi connectivity index (χ3n) is 4.22. The second-order valence-corrected chi connectivity index (χ2v) is 6.10. The van der Waals surface area contributed by atoms with Gasteiger partial charge in [0.25, 0.3) is 0 Å². The summed E-state index contributed by atoms with van der Waals surface area (Å²) in [5.41, 5.74) is 1.59. The number of nitrogens with one attached hydrogen (secondary N) is 2. The van der Waals surface area contributed by atoms with E-state index in [1.165, 1.54) is 0 Å². The number of rotatable bonds is 5. The lowest BCUT2D eigenvalue weighted by atomic mass is 9.91. The summed E-state index contributed by atoms with van der Waals surface area (Å²) in [5, 5.41) is 10.4. The molecule has 0 spiro atoms. The van der Waals surface area contributed by atoms with Crippen LogP contribution in [0.25, 0.3) is 0 Å². The van der Waals surface area contributed by atoms with Crippen LogP contribution in [0.2, 0.25) is 5.02 Å². The Balaban J connectivity index is 1.70. The van der Waals surface area contributed by atoms with Crippen LogP contribution in [0.4, 0.5) is 0 Å². The molecule has 1 saturated heterocycles. The van der Waals surface area contributed by atoms with E-state index in [1.54, 1.807) is 19.4 Å². The van der Waals surface area contributed by atoms with Crippen LogP contribution in [0, 0.1) is 5.92 Å². The number of methoxy groups -OCH3 is 1. The van der Waals surface area contributed by atoms with Crippen molar-refractivity contribution in [1.29, 1.82) is 0 Å². The first kappa shape index (κ1) is 16.8. The van der Waals surface area contributed by atoms with E-state index in [-0.39, 0.29) is 17.9 Å². The molecule has 1 amide bonds. The van der Waals surface area contributed by atoms with E-state index in [2.05, 4.69) is 15.5 Å². The van der Waals surface area contributed by atoms with Gasteiger partial charge in [0.2, 0.25) is 5.91 Å². The van der Waals surface area contributed by atoms with Gasteiger partial charge in [-0.25, -0.2) is 0 Å². The summed E-state index contributed by atoms with van der Waals surface area (Å²) in [6, 6.07) is 7.26. The molecule has 2 atom stereocenters. The molecule has 24 heavy (non-hydrogen) atoms. The lowest BCUT2D eigenvalue weighted by Gasteiger charge is -2.30. The van der Waals surface area contributed by atoms with Crippen molar-refractivity contribution in [1.82, 2.24) is 15.5 Å². The third kappa shape index (κ3) is 3.55. The van der Waals surface area contributed by atoms with Crippen molar-refractivity contribution in [2.24, 2.45) is 5.92 Å². The molecule has 0 unspecified atom stereocenters. The Morgan fingerprint density at radius 3 is 3.12 bits per heavy atom. The summed E-state index contributed by atoms with van der Waals surface area (Å²) in [6.45, 7) is 0.958. The van der Waals surface area contributed by atoms with E-state index in [4.69, 9.17) is 21.1 Å².